The molecule has 164 valence electrons. The van der Waals surface area contributed by atoms with Crippen LogP contribution in [0.4, 0.5) is 11.4 Å². The fraction of sp³-hybridized carbons (Fsp3) is 0.238. The maximum absolute atomic E-state index is 12.6. The molecule has 1 aliphatic heterocycles. The monoisotopic (exact) mass is 452 g/mol. The van der Waals surface area contributed by atoms with Crippen molar-refractivity contribution >= 4 is 51.8 Å². The lowest BCUT2D eigenvalue weighted by molar-refractivity contribution is -0.118. The highest BCUT2D eigenvalue weighted by Gasteiger charge is 2.27. The number of nitrogens with zero attached hydrogens (tertiary/aromatic N) is 3. The van der Waals surface area contributed by atoms with E-state index in [4.69, 9.17) is 0 Å². The molecule has 3 aromatic rings. The third kappa shape index (κ3) is 4.47. The Morgan fingerprint density at radius 1 is 1.19 bits per heavy atom. The van der Waals surface area contributed by atoms with E-state index >= 15 is 0 Å². The number of carbonyl (C=O) groups excluding carboxylic acids is 3. The number of hydrogen-bond donors (Lipinski definition) is 3. The topological polar surface area (TPSA) is 135 Å². The van der Waals surface area contributed by atoms with Gasteiger partial charge >= 0.3 is 0 Å². The van der Waals surface area contributed by atoms with Gasteiger partial charge in [-0.25, -0.2) is 4.68 Å². The van der Waals surface area contributed by atoms with Gasteiger partial charge in [-0.1, -0.05) is 17.3 Å². The quantitative estimate of drug-likeness (QED) is 0.512. The molecular weight excluding hydrogens is 432 g/mol. The van der Waals surface area contributed by atoms with E-state index in [1.54, 1.807) is 48.2 Å². The number of aromatic nitrogens is 3. The lowest BCUT2D eigenvalue weighted by Gasteiger charge is -2.13. The molecule has 1 aliphatic rings. The van der Waals surface area contributed by atoms with Crippen LogP contribution in [0.25, 0.3) is 10.9 Å². The van der Waals surface area contributed by atoms with Crippen LogP contribution in [0.1, 0.15) is 16.8 Å². The van der Waals surface area contributed by atoms with Crippen molar-refractivity contribution in [2.75, 3.05) is 22.6 Å². The summed E-state index contributed by atoms with van der Waals surface area (Å²) in [5, 5.41) is 16.2. The second-order valence-corrected chi connectivity index (χ2v) is 8.16. The molecule has 1 atom stereocenters. The third-order valence-corrected chi connectivity index (χ3v) is 5.60. The first-order valence-electron chi connectivity index (χ1n) is 9.83. The predicted molar refractivity (Wildman–Crippen MR) is 122 cm³/mol. The van der Waals surface area contributed by atoms with Crippen LogP contribution in [0.2, 0.25) is 0 Å². The lowest BCUT2D eigenvalue weighted by Crippen LogP contribution is -2.41. The van der Waals surface area contributed by atoms with E-state index in [0.717, 1.165) is 10.4 Å². The molecule has 1 aromatic heterocycles. The van der Waals surface area contributed by atoms with Crippen molar-refractivity contribution in [1.82, 2.24) is 20.3 Å². The van der Waals surface area contributed by atoms with Gasteiger partial charge in [0.25, 0.3) is 11.5 Å². The minimum atomic E-state index is -0.626. The maximum atomic E-state index is 12.6. The number of benzene rings is 2. The molecule has 0 bridgehead atoms. The summed E-state index contributed by atoms with van der Waals surface area (Å²) in [6, 6.07) is 10.7. The van der Waals surface area contributed by atoms with E-state index < -0.39 is 23.4 Å². The molecular formula is C21H20N6O4S. The Balaban J connectivity index is 1.50. The van der Waals surface area contributed by atoms with Crippen LogP contribution < -0.4 is 21.5 Å². The van der Waals surface area contributed by atoms with E-state index in [0.29, 0.717) is 28.7 Å². The zero-order valence-corrected chi connectivity index (χ0v) is 17.9. The summed E-state index contributed by atoms with van der Waals surface area (Å²) >= 11 is 1.59. The van der Waals surface area contributed by atoms with Gasteiger partial charge in [0, 0.05) is 5.69 Å². The molecule has 2 aromatic carbocycles. The van der Waals surface area contributed by atoms with Crippen molar-refractivity contribution in [3.8, 4) is 0 Å². The Bertz CT molecular complexity index is 1270. The average Bonchev–Trinajstić information content (AvgIpc) is 2.90. The van der Waals surface area contributed by atoms with Crippen molar-refractivity contribution in [2.45, 2.75) is 19.0 Å². The average molecular weight is 452 g/mol. The minimum Gasteiger partial charge on any atom is -0.340 e. The number of rotatable bonds is 6. The summed E-state index contributed by atoms with van der Waals surface area (Å²) in [5.41, 5.74) is 0.983. The first-order chi connectivity index (χ1) is 15.5. The molecule has 11 heteroatoms. The zero-order valence-electron chi connectivity index (χ0n) is 17.1. The van der Waals surface area contributed by atoms with Crippen molar-refractivity contribution in [2.24, 2.45) is 0 Å². The van der Waals surface area contributed by atoms with Crippen molar-refractivity contribution in [1.29, 1.82) is 0 Å². The Hall–Kier alpha value is -3.73. The van der Waals surface area contributed by atoms with Crippen LogP contribution in [0.15, 0.2) is 47.3 Å². The number of nitrogens with one attached hydrogen (secondary N) is 3. The summed E-state index contributed by atoms with van der Waals surface area (Å²) in [5.74, 6) is -0.463. The van der Waals surface area contributed by atoms with Gasteiger partial charge in [0.1, 0.15) is 18.1 Å². The lowest BCUT2D eigenvalue weighted by atomic mass is 10.1. The fourth-order valence-electron chi connectivity index (χ4n) is 3.34. The maximum Gasteiger partial charge on any atom is 0.278 e. The first kappa shape index (κ1) is 21.5. The highest BCUT2D eigenvalue weighted by atomic mass is 32.2. The number of hydrogen-bond acceptors (Lipinski definition) is 7. The van der Waals surface area contributed by atoms with Crippen molar-refractivity contribution < 1.29 is 14.4 Å². The van der Waals surface area contributed by atoms with Crippen molar-refractivity contribution in [3.63, 3.8) is 0 Å². The van der Waals surface area contributed by atoms with E-state index in [-0.39, 0.29) is 18.0 Å². The SMILES string of the molecule is CSCC[C@H]1NC(=O)c2cc(NC(=O)Cn3nnc4ccccc4c3=O)ccc2NC1=O. The molecule has 0 fully saturated rings. The minimum absolute atomic E-state index is 0.241. The van der Waals surface area contributed by atoms with Crippen LogP contribution >= 0.6 is 11.8 Å². The van der Waals surface area contributed by atoms with E-state index in [9.17, 15) is 19.2 Å². The first-order valence-corrected chi connectivity index (χ1v) is 11.2. The van der Waals surface area contributed by atoms with Gasteiger partial charge in [0.15, 0.2) is 0 Å². The zero-order chi connectivity index (χ0) is 22.7. The number of carbonyl (C=O) groups is 3. The molecule has 10 nitrogen and oxygen atoms in total. The number of thioether (sulfide) groups is 1. The molecule has 0 aliphatic carbocycles. The Morgan fingerprint density at radius 2 is 2.00 bits per heavy atom. The van der Waals surface area contributed by atoms with E-state index in [1.807, 2.05) is 6.26 Å². The van der Waals surface area contributed by atoms with Crippen LogP contribution in [0.3, 0.4) is 0 Å². The molecule has 3 amide bonds. The summed E-state index contributed by atoms with van der Waals surface area (Å²) in [6.45, 7) is -0.340. The van der Waals surface area contributed by atoms with E-state index in [2.05, 4.69) is 26.3 Å². The molecule has 4 rings (SSSR count). The molecule has 0 spiro atoms. The molecule has 0 unspecified atom stereocenters. The molecule has 32 heavy (non-hydrogen) atoms. The van der Waals surface area contributed by atoms with Gasteiger partial charge < -0.3 is 16.0 Å². The Labute approximate surface area is 186 Å². The van der Waals surface area contributed by atoms with Gasteiger partial charge in [-0.05, 0) is 48.8 Å². The summed E-state index contributed by atoms with van der Waals surface area (Å²) < 4.78 is 0.977. The second-order valence-electron chi connectivity index (χ2n) is 7.17. The summed E-state index contributed by atoms with van der Waals surface area (Å²) in [4.78, 5) is 50.0. The fourth-order valence-corrected chi connectivity index (χ4v) is 3.81. The molecule has 0 radical (unpaired) electrons. The Kier molecular flexibility index (Phi) is 6.17. The number of fused-ring (bicyclic) bond motifs is 2. The van der Waals surface area contributed by atoms with Gasteiger partial charge in [-0.15, -0.1) is 5.10 Å². The molecule has 2 heterocycles. The van der Waals surface area contributed by atoms with Crippen LogP contribution in [-0.4, -0.2) is 50.8 Å². The normalized spacial score (nSPS) is 15.5. The number of anilines is 2. The Morgan fingerprint density at radius 3 is 2.81 bits per heavy atom. The van der Waals surface area contributed by atoms with Crippen LogP contribution in [-0.2, 0) is 16.1 Å². The van der Waals surface area contributed by atoms with Gasteiger partial charge in [-0.2, -0.15) is 11.8 Å². The third-order valence-electron chi connectivity index (χ3n) is 4.96. The van der Waals surface area contributed by atoms with Gasteiger partial charge in [-0.3, -0.25) is 19.2 Å². The van der Waals surface area contributed by atoms with Crippen LogP contribution in [0, 0.1) is 0 Å². The predicted octanol–water partition coefficient (Wildman–Crippen LogP) is 1.23. The second kappa shape index (κ2) is 9.18. The van der Waals surface area contributed by atoms with Gasteiger partial charge in [0.2, 0.25) is 11.8 Å². The highest BCUT2D eigenvalue weighted by Crippen LogP contribution is 2.24. The summed E-state index contributed by atoms with van der Waals surface area (Å²) in [6.07, 6.45) is 2.44. The van der Waals surface area contributed by atoms with Crippen molar-refractivity contribution in [3.05, 3.63) is 58.4 Å². The molecule has 0 saturated carbocycles. The number of amides is 3. The largest absolute Gasteiger partial charge is 0.340 e. The smallest absolute Gasteiger partial charge is 0.278 e. The highest BCUT2D eigenvalue weighted by molar-refractivity contribution is 7.98. The summed E-state index contributed by atoms with van der Waals surface area (Å²) in [7, 11) is 0. The van der Waals surface area contributed by atoms with Gasteiger partial charge in [0.05, 0.1) is 16.6 Å². The van der Waals surface area contributed by atoms with Crippen LogP contribution in [0.5, 0.6) is 0 Å². The molecule has 0 saturated heterocycles. The van der Waals surface area contributed by atoms with E-state index in [1.165, 1.54) is 6.07 Å². The molecule has 3 N–H and O–H groups in total. The standard InChI is InChI=1S/C21H20N6O4S/c1-32-9-8-17-20(30)23-15-7-6-12(10-14(15)19(29)24-17)22-18(28)11-27-21(31)13-4-2-3-5-16(13)25-26-27/h2-7,10,17H,8-9,11H2,1H3,(H,22,28)(H,23,30)(H,24,29)/t17-/m1/s1.